The first-order chi connectivity index (χ1) is 11.9. The molecule has 5 nitrogen and oxygen atoms in total. The number of ether oxygens (including phenoxy) is 1. The summed E-state index contributed by atoms with van der Waals surface area (Å²) in [6, 6.07) is 2.15. The average Bonchev–Trinajstić information content (AvgIpc) is 2.57. The van der Waals surface area contributed by atoms with Crippen LogP contribution < -0.4 is 5.32 Å². The van der Waals surface area contributed by atoms with Crippen molar-refractivity contribution in [2.24, 2.45) is 4.99 Å². The molecule has 1 N–H and O–H groups in total. The minimum absolute atomic E-state index is 0.210. The zero-order valence-electron chi connectivity index (χ0n) is 14.8. The summed E-state index contributed by atoms with van der Waals surface area (Å²) >= 11 is 3.54. The van der Waals surface area contributed by atoms with E-state index in [1.807, 2.05) is 24.9 Å². The third-order valence-electron chi connectivity index (χ3n) is 4.34. The molecule has 1 fully saturated rings. The van der Waals surface area contributed by atoms with Gasteiger partial charge in [-0.1, -0.05) is 0 Å². The molecule has 0 unspecified atom stereocenters. The van der Waals surface area contributed by atoms with Gasteiger partial charge in [0.2, 0.25) is 0 Å². The molecule has 0 spiro atoms. The van der Waals surface area contributed by atoms with Crippen molar-refractivity contribution in [1.82, 2.24) is 9.88 Å². The van der Waals surface area contributed by atoms with Crippen LogP contribution in [0.1, 0.15) is 38.3 Å². The Morgan fingerprint density at radius 1 is 1.44 bits per heavy atom. The fraction of sp³-hybridized carbons (Fsp3) is 0.647. The summed E-state index contributed by atoms with van der Waals surface area (Å²) in [6.45, 7) is 2.17. The van der Waals surface area contributed by atoms with Crippen molar-refractivity contribution in [2.75, 3.05) is 18.9 Å². The van der Waals surface area contributed by atoms with Crippen LogP contribution in [0.4, 0.5) is 20.3 Å². The predicted octanol–water partition coefficient (Wildman–Crippen LogP) is 4.73. The van der Waals surface area contributed by atoms with Crippen LogP contribution in [0.2, 0.25) is 0 Å². The lowest BCUT2D eigenvalue weighted by Gasteiger charge is -2.29. The molecular weight excluding hydrogens is 394 g/mol. The highest BCUT2D eigenvalue weighted by Crippen LogP contribution is 2.31. The van der Waals surface area contributed by atoms with Gasteiger partial charge < -0.3 is 15.0 Å². The van der Waals surface area contributed by atoms with E-state index in [1.54, 1.807) is 6.34 Å². The van der Waals surface area contributed by atoms with E-state index in [9.17, 15) is 8.78 Å². The SMILES string of the molecule is CCN(C)C=Nc1cc(Br)c(NC2CCC(OC(F)F)CC2)nc1C. The molecule has 1 saturated carbocycles. The Bertz CT molecular complexity index is 592. The Kier molecular flexibility index (Phi) is 7.56. The molecule has 1 aliphatic carbocycles. The summed E-state index contributed by atoms with van der Waals surface area (Å²) in [5, 5.41) is 3.40. The summed E-state index contributed by atoms with van der Waals surface area (Å²) in [5.41, 5.74) is 1.65. The van der Waals surface area contributed by atoms with Crippen LogP contribution in [0.3, 0.4) is 0 Å². The molecule has 140 valence electrons. The molecule has 0 aliphatic heterocycles. The number of aromatic nitrogens is 1. The summed E-state index contributed by atoms with van der Waals surface area (Å²) in [5.74, 6) is 0.763. The van der Waals surface area contributed by atoms with Crippen LogP contribution in [0.25, 0.3) is 0 Å². The molecule has 0 bridgehead atoms. The van der Waals surface area contributed by atoms with Crippen molar-refractivity contribution in [3.8, 4) is 0 Å². The van der Waals surface area contributed by atoms with Gasteiger partial charge in [0.25, 0.3) is 0 Å². The second kappa shape index (κ2) is 9.43. The van der Waals surface area contributed by atoms with E-state index < -0.39 is 6.61 Å². The summed E-state index contributed by atoms with van der Waals surface area (Å²) in [6.07, 6.45) is 4.27. The molecule has 0 saturated heterocycles. The first kappa shape index (κ1) is 20.0. The van der Waals surface area contributed by atoms with Crippen molar-refractivity contribution in [2.45, 2.75) is 58.3 Å². The Labute approximate surface area is 156 Å². The number of anilines is 1. The highest BCUT2D eigenvalue weighted by atomic mass is 79.9. The number of nitrogens with zero attached hydrogens (tertiary/aromatic N) is 3. The van der Waals surface area contributed by atoms with Crippen molar-refractivity contribution in [1.29, 1.82) is 0 Å². The van der Waals surface area contributed by atoms with Gasteiger partial charge in [-0.3, -0.25) is 0 Å². The third-order valence-corrected chi connectivity index (χ3v) is 4.95. The normalized spacial score (nSPS) is 21.1. The number of halogens is 3. The minimum Gasteiger partial charge on any atom is -0.366 e. The number of pyridine rings is 1. The molecule has 8 heteroatoms. The number of aryl methyl sites for hydroxylation is 1. The van der Waals surface area contributed by atoms with Gasteiger partial charge in [0.1, 0.15) is 5.82 Å². The number of hydrogen-bond donors (Lipinski definition) is 1. The van der Waals surface area contributed by atoms with Gasteiger partial charge in [-0.25, -0.2) is 9.98 Å². The second-order valence-electron chi connectivity index (χ2n) is 6.26. The maximum atomic E-state index is 12.3. The van der Waals surface area contributed by atoms with E-state index in [4.69, 9.17) is 0 Å². The lowest BCUT2D eigenvalue weighted by molar-refractivity contribution is -0.169. The molecule has 1 heterocycles. The fourth-order valence-electron chi connectivity index (χ4n) is 2.73. The van der Waals surface area contributed by atoms with E-state index >= 15 is 0 Å². The monoisotopic (exact) mass is 418 g/mol. The fourth-order valence-corrected chi connectivity index (χ4v) is 3.15. The summed E-state index contributed by atoms with van der Waals surface area (Å²) in [4.78, 5) is 11.0. The van der Waals surface area contributed by atoms with Crippen molar-refractivity contribution >= 4 is 33.8 Å². The molecule has 0 radical (unpaired) electrons. The van der Waals surface area contributed by atoms with Crippen LogP contribution in [0, 0.1) is 6.92 Å². The molecule has 1 aromatic rings. The Morgan fingerprint density at radius 3 is 2.72 bits per heavy atom. The number of hydrogen-bond acceptors (Lipinski definition) is 4. The molecular formula is C17H25BrF2N4O. The first-order valence-corrected chi connectivity index (χ1v) is 9.30. The molecule has 1 aromatic heterocycles. The van der Waals surface area contributed by atoms with Crippen LogP contribution >= 0.6 is 15.9 Å². The van der Waals surface area contributed by atoms with Crippen LogP contribution in [0.15, 0.2) is 15.5 Å². The Balaban J connectivity index is 1.97. The minimum atomic E-state index is -2.69. The highest BCUT2D eigenvalue weighted by Gasteiger charge is 2.24. The Morgan fingerprint density at radius 2 is 2.12 bits per heavy atom. The molecule has 0 atom stereocenters. The van der Waals surface area contributed by atoms with Gasteiger partial charge in [0.05, 0.1) is 28.3 Å². The van der Waals surface area contributed by atoms with Crippen LogP contribution in [-0.4, -0.2) is 48.6 Å². The van der Waals surface area contributed by atoms with Crippen LogP contribution in [0.5, 0.6) is 0 Å². The topological polar surface area (TPSA) is 49.8 Å². The molecule has 25 heavy (non-hydrogen) atoms. The second-order valence-corrected chi connectivity index (χ2v) is 7.11. The van der Waals surface area contributed by atoms with E-state index in [0.29, 0.717) is 12.8 Å². The average molecular weight is 419 g/mol. The van der Waals surface area contributed by atoms with E-state index in [0.717, 1.165) is 41.1 Å². The number of rotatable bonds is 7. The van der Waals surface area contributed by atoms with Gasteiger partial charge in [0, 0.05) is 19.6 Å². The van der Waals surface area contributed by atoms with Crippen molar-refractivity contribution in [3.63, 3.8) is 0 Å². The zero-order valence-corrected chi connectivity index (χ0v) is 16.4. The number of aliphatic imine (C=N–C) groups is 1. The summed E-state index contributed by atoms with van der Waals surface area (Å²) in [7, 11) is 1.96. The van der Waals surface area contributed by atoms with Gasteiger partial charge in [-0.2, -0.15) is 8.78 Å². The van der Waals surface area contributed by atoms with Crippen molar-refractivity contribution < 1.29 is 13.5 Å². The van der Waals surface area contributed by atoms with E-state index in [-0.39, 0.29) is 12.1 Å². The Hall–Kier alpha value is -1.28. The summed E-state index contributed by atoms with van der Waals surface area (Å²) < 4.78 is 30.0. The molecule has 1 aliphatic rings. The van der Waals surface area contributed by atoms with Gasteiger partial charge in [-0.15, -0.1) is 0 Å². The van der Waals surface area contributed by atoms with Crippen molar-refractivity contribution in [3.05, 3.63) is 16.2 Å². The van der Waals surface area contributed by atoms with E-state index in [2.05, 4.69) is 42.9 Å². The van der Waals surface area contributed by atoms with Crippen LogP contribution in [-0.2, 0) is 4.74 Å². The quantitative estimate of drug-likeness (QED) is 0.513. The molecule has 0 aromatic carbocycles. The zero-order chi connectivity index (χ0) is 18.4. The molecule has 0 amide bonds. The van der Waals surface area contributed by atoms with Gasteiger partial charge in [-0.05, 0) is 61.5 Å². The smallest absolute Gasteiger partial charge is 0.345 e. The first-order valence-electron chi connectivity index (χ1n) is 8.50. The third kappa shape index (κ3) is 6.18. The lowest BCUT2D eigenvalue weighted by atomic mass is 9.93. The van der Waals surface area contributed by atoms with E-state index in [1.165, 1.54) is 0 Å². The highest BCUT2D eigenvalue weighted by molar-refractivity contribution is 9.10. The van der Waals surface area contributed by atoms with Gasteiger partial charge in [0.15, 0.2) is 0 Å². The lowest BCUT2D eigenvalue weighted by Crippen LogP contribution is -2.31. The standard InChI is InChI=1S/C17H25BrF2N4O/c1-4-24(3)10-21-15-9-14(18)16(22-11(15)2)23-12-5-7-13(8-6-12)25-17(19)20/h9-10,12-13,17H,4-8H2,1-3H3,(H,22,23). The molecule has 2 rings (SSSR count). The maximum absolute atomic E-state index is 12.3. The predicted molar refractivity (Wildman–Crippen MR) is 99.9 cm³/mol. The maximum Gasteiger partial charge on any atom is 0.345 e. The number of nitrogens with one attached hydrogen (secondary N) is 1. The van der Waals surface area contributed by atoms with Gasteiger partial charge >= 0.3 is 6.61 Å². The number of alkyl halides is 2. The largest absolute Gasteiger partial charge is 0.366 e.